The van der Waals surface area contributed by atoms with Crippen LogP contribution in [0.15, 0.2) is 48.5 Å². The first kappa shape index (κ1) is 20.7. The Morgan fingerprint density at radius 2 is 2.00 bits per heavy atom. The predicted octanol–water partition coefficient (Wildman–Crippen LogP) is 4.02. The van der Waals surface area contributed by atoms with Crippen LogP contribution >= 0.6 is 0 Å². The normalized spacial score (nSPS) is 23.2. The number of nitrogens with zero attached hydrogens (tertiary/aromatic N) is 1. The van der Waals surface area contributed by atoms with Crippen molar-refractivity contribution in [1.82, 2.24) is 4.90 Å². The van der Waals surface area contributed by atoms with Crippen LogP contribution in [0.1, 0.15) is 42.1 Å². The summed E-state index contributed by atoms with van der Waals surface area (Å²) in [6.07, 6.45) is 3.11. The van der Waals surface area contributed by atoms with Crippen molar-refractivity contribution in [2.75, 3.05) is 38.8 Å². The number of rotatable bonds is 8. The highest BCUT2D eigenvalue weighted by Crippen LogP contribution is 2.38. The molecular weight excluding hydrogens is 380 g/mol. The largest absolute Gasteiger partial charge is 0.491 e. The number of amides is 1. The summed E-state index contributed by atoms with van der Waals surface area (Å²) in [5.74, 6) is 0.841. The van der Waals surface area contributed by atoms with E-state index in [4.69, 9.17) is 14.2 Å². The summed E-state index contributed by atoms with van der Waals surface area (Å²) in [6.45, 7) is 4.66. The molecule has 30 heavy (non-hydrogen) atoms. The van der Waals surface area contributed by atoms with Crippen LogP contribution in [0.4, 0.5) is 5.69 Å². The van der Waals surface area contributed by atoms with Gasteiger partial charge in [-0.2, -0.15) is 0 Å². The second-order valence-electron chi connectivity index (χ2n) is 8.02. The molecule has 2 heterocycles. The molecule has 6 heteroatoms. The number of nitrogens with one attached hydrogen (secondary N) is 1. The van der Waals surface area contributed by atoms with Crippen LogP contribution in [-0.2, 0) is 15.1 Å². The number of hydrogen-bond donors (Lipinski definition) is 1. The van der Waals surface area contributed by atoms with E-state index in [1.165, 1.54) is 0 Å². The molecule has 1 saturated heterocycles. The molecule has 0 spiro atoms. The highest BCUT2D eigenvalue weighted by molar-refractivity contribution is 6.02. The molecule has 0 aromatic heterocycles. The molecule has 1 N–H and O–H groups in total. The van der Waals surface area contributed by atoms with E-state index in [1.54, 1.807) is 7.11 Å². The van der Waals surface area contributed by atoms with Crippen LogP contribution in [0.25, 0.3) is 0 Å². The maximum atomic E-state index is 13.3. The van der Waals surface area contributed by atoms with Crippen molar-refractivity contribution < 1.29 is 19.0 Å². The lowest BCUT2D eigenvalue weighted by atomic mass is 9.93. The Kier molecular flexibility index (Phi) is 6.25. The SMILES string of the molecule is COCCCN1C(=O)c2ccccc2NC1(C)c1ccc(OCC2CCCO2)cc1. The third kappa shape index (κ3) is 4.16. The van der Waals surface area contributed by atoms with Gasteiger partial charge in [0.25, 0.3) is 5.91 Å². The van der Waals surface area contributed by atoms with Crippen LogP contribution in [0.5, 0.6) is 5.75 Å². The van der Waals surface area contributed by atoms with Gasteiger partial charge in [0, 0.05) is 32.6 Å². The molecule has 4 rings (SSSR count). The van der Waals surface area contributed by atoms with Crippen LogP contribution in [0.2, 0.25) is 0 Å². The Bertz CT molecular complexity index is 864. The van der Waals surface area contributed by atoms with E-state index in [1.807, 2.05) is 53.4 Å². The second-order valence-corrected chi connectivity index (χ2v) is 8.02. The summed E-state index contributed by atoms with van der Waals surface area (Å²) < 4.78 is 16.7. The molecule has 0 radical (unpaired) electrons. The summed E-state index contributed by atoms with van der Waals surface area (Å²) in [5, 5.41) is 3.60. The fourth-order valence-corrected chi connectivity index (χ4v) is 4.22. The number of carbonyl (C=O) groups excluding carboxylic acids is 1. The molecule has 160 valence electrons. The number of benzene rings is 2. The Balaban J connectivity index is 1.56. The van der Waals surface area contributed by atoms with Crippen molar-refractivity contribution in [2.24, 2.45) is 0 Å². The Hall–Kier alpha value is -2.57. The summed E-state index contributed by atoms with van der Waals surface area (Å²) in [4.78, 5) is 15.2. The average Bonchev–Trinajstić information content (AvgIpc) is 3.29. The first-order valence-corrected chi connectivity index (χ1v) is 10.6. The lowest BCUT2D eigenvalue weighted by molar-refractivity contribution is 0.0504. The van der Waals surface area contributed by atoms with Gasteiger partial charge >= 0.3 is 0 Å². The van der Waals surface area contributed by atoms with Gasteiger partial charge in [-0.15, -0.1) is 0 Å². The van der Waals surface area contributed by atoms with Gasteiger partial charge in [0.2, 0.25) is 0 Å². The number of anilines is 1. The van der Waals surface area contributed by atoms with Gasteiger partial charge in [0.1, 0.15) is 18.0 Å². The topological polar surface area (TPSA) is 60.0 Å². The molecule has 1 amide bonds. The highest BCUT2D eigenvalue weighted by atomic mass is 16.5. The number of fused-ring (bicyclic) bond motifs is 1. The number of hydrogen-bond acceptors (Lipinski definition) is 5. The van der Waals surface area contributed by atoms with Gasteiger partial charge < -0.3 is 24.4 Å². The maximum absolute atomic E-state index is 13.3. The van der Waals surface area contributed by atoms with E-state index in [2.05, 4.69) is 12.2 Å². The van der Waals surface area contributed by atoms with E-state index in [-0.39, 0.29) is 12.0 Å². The lowest BCUT2D eigenvalue weighted by Crippen LogP contribution is -2.56. The van der Waals surface area contributed by atoms with E-state index in [0.29, 0.717) is 25.3 Å². The quantitative estimate of drug-likeness (QED) is 0.666. The van der Waals surface area contributed by atoms with Gasteiger partial charge in [-0.25, -0.2) is 0 Å². The van der Waals surface area contributed by atoms with Crippen molar-refractivity contribution in [2.45, 2.75) is 38.0 Å². The van der Waals surface area contributed by atoms with E-state index < -0.39 is 5.66 Å². The van der Waals surface area contributed by atoms with E-state index in [0.717, 1.165) is 42.9 Å². The summed E-state index contributed by atoms with van der Waals surface area (Å²) in [5.41, 5.74) is 1.90. The van der Waals surface area contributed by atoms with Crippen molar-refractivity contribution >= 4 is 11.6 Å². The van der Waals surface area contributed by atoms with Crippen molar-refractivity contribution in [3.63, 3.8) is 0 Å². The molecule has 2 unspecified atom stereocenters. The molecular formula is C24H30N2O4. The molecule has 2 atom stereocenters. The molecule has 0 bridgehead atoms. The molecule has 1 fully saturated rings. The molecule has 2 aromatic carbocycles. The van der Waals surface area contributed by atoms with Gasteiger partial charge in [-0.3, -0.25) is 4.79 Å². The summed E-state index contributed by atoms with van der Waals surface area (Å²) in [7, 11) is 1.68. The predicted molar refractivity (Wildman–Crippen MR) is 116 cm³/mol. The van der Waals surface area contributed by atoms with Crippen LogP contribution in [-0.4, -0.2) is 50.4 Å². The van der Waals surface area contributed by atoms with Gasteiger partial charge in [0.15, 0.2) is 0 Å². The summed E-state index contributed by atoms with van der Waals surface area (Å²) >= 11 is 0. The zero-order chi connectivity index (χ0) is 21.0. The van der Waals surface area contributed by atoms with Crippen LogP contribution in [0, 0.1) is 0 Å². The maximum Gasteiger partial charge on any atom is 0.258 e. The monoisotopic (exact) mass is 410 g/mol. The smallest absolute Gasteiger partial charge is 0.258 e. The minimum absolute atomic E-state index is 0.0293. The first-order valence-electron chi connectivity index (χ1n) is 10.6. The number of carbonyl (C=O) groups is 1. The van der Waals surface area contributed by atoms with Gasteiger partial charge in [0.05, 0.1) is 11.7 Å². The number of ether oxygens (including phenoxy) is 3. The van der Waals surface area contributed by atoms with Crippen molar-refractivity contribution in [3.05, 3.63) is 59.7 Å². The number of methoxy groups -OCH3 is 1. The first-order chi connectivity index (χ1) is 14.6. The molecule has 6 nitrogen and oxygen atoms in total. The van der Waals surface area contributed by atoms with Gasteiger partial charge in [-0.05, 0) is 56.0 Å². The average molecular weight is 411 g/mol. The molecule has 0 saturated carbocycles. The zero-order valence-corrected chi connectivity index (χ0v) is 17.7. The fraction of sp³-hybridized carbons (Fsp3) is 0.458. The fourth-order valence-electron chi connectivity index (χ4n) is 4.22. The highest BCUT2D eigenvalue weighted by Gasteiger charge is 2.42. The van der Waals surface area contributed by atoms with Gasteiger partial charge in [-0.1, -0.05) is 24.3 Å². The number of para-hydroxylation sites is 1. The zero-order valence-electron chi connectivity index (χ0n) is 17.7. The molecule has 0 aliphatic carbocycles. The van der Waals surface area contributed by atoms with Crippen LogP contribution < -0.4 is 10.1 Å². The molecule has 2 aromatic rings. The third-order valence-electron chi connectivity index (χ3n) is 5.93. The third-order valence-corrected chi connectivity index (χ3v) is 5.93. The Morgan fingerprint density at radius 1 is 1.20 bits per heavy atom. The van der Waals surface area contributed by atoms with E-state index >= 15 is 0 Å². The lowest BCUT2D eigenvalue weighted by Gasteiger charge is -2.47. The molecule has 2 aliphatic rings. The standard InChI is InChI=1S/C24H30N2O4/c1-24(18-10-12-19(13-11-18)30-17-20-7-5-16-29-20)25-22-9-4-3-8-21(22)23(27)26(24)14-6-15-28-2/h3-4,8-13,20,25H,5-7,14-17H2,1-2H3. The summed E-state index contributed by atoms with van der Waals surface area (Å²) in [6, 6.07) is 15.7. The minimum Gasteiger partial charge on any atom is -0.491 e. The Morgan fingerprint density at radius 3 is 2.73 bits per heavy atom. The Labute approximate surface area is 178 Å². The van der Waals surface area contributed by atoms with Crippen molar-refractivity contribution in [3.8, 4) is 5.75 Å². The van der Waals surface area contributed by atoms with E-state index in [9.17, 15) is 4.79 Å². The second kappa shape index (κ2) is 9.06. The molecule has 2 aliphatic heterocycles. The van der Waals surface area contributed by atoms with Crippen LogP contribution in [0.3, 0.4) is 0 Å². The van der Waals surface area contributed by atoms with Crippen molar-refractivity contribution in [1.29, 1.82) is 0 Å². The minimum atomic E-state index is -0.660.